The van der Waals surface area contributed by atoms with Crippen LogP contribution in [-0.2, 0) is 0 Å². The number of H-pyrrole nitrogens is 2. The molecule has 0 radical (unpaired) electrons. The van der Waals surface area contributed by atoms with Crippen molar-refractivity contribution in [2.45, 2.75) is 27.2 Å². The first-order valence-electron chi connectivity index (χ1n) is 8.30. The van der Waals surface area contributed by atoms with Crippen molar-refractivity contribution in [3.05, 3.63) is 63.4 Å². The summed E-state index contributed by atoms with van der Waals surface area (Å²) < 4.78 is 0. The molecule has 0 saturated heterocycles. The van der Waals surface area contributed by atoms with Crippen LogP contribution >= 0.6 is 0 Å². The smallest absolute Gasteiger partial charge is 0.348 e. The largest absolute Gasteiger partial charge is 0.508 e. The molecule has 0 amide bonds. The van der Waals surface area contributed by atoms with Gasteiger partial charge in [-0.3, -0.25) is 0 Å². The summed E-state index contributed by atoms with van der Waals surface area (Å²) in [6.45, 7) is 5.60. The molecule has 3 N–H and O–H groups in total. The van der Waals surface area contributed by atoms with E-state index in [4.69, 9.17) is 0 Å². The number of aromatic hydroxyl groups is 1. The monoisotopic (exact) mass is 352 g/mol. The first-order chi connectivity index (χ1) is 12.4. The lowest BCUT2D eigenvalue weighted by molar-refractivity contribution is -0.389. The van der Waals surface area contributed by atoms with Crippen LogP contribution < -0.4 is 0 Å². The molecule has 0 fully saturated rings. The van der Waals surface area contributed by atoms with Crippen molar-refractivity contribution in [3.8, 4) is 16.9 Å². The molecule has 2 aromatic heterocycles. The number of hydrogen-bond acceptors (Lipinski definition) is 4. The van der Waals surface area contributed by atoms with Crippen LogP contribution in [0.1, 0.15) is 36.1 Å². The highest BCUT2D eigenvalue weighted by molar-refractivity contribution is 5.88. The molecule has 0 aliphatic carbocycles. The Labute approximate surface area is 150 Å². The lowest BCUT2D eigenvalue weighted by Crippen LogP contribution is -1.94. The van der Waals surface area contributed by atoms with E-state index in [0.717, 1.165) is 28.0 Å². The molecule has 0 saturated carbocycles. The molecule has 0 aliphatic heterocycles. The van der Waals surface area contributed by atoms with Crippen LogP contribution in [-0.4, -0.2) is 25.0 Å². The second-order valence-electron chi connectivity index (χ2n) is 6.09. The third-order valence-electron chi connectivity index (χ3n) is 4.29. The standard InChI is InChI=1S/C19H20N4O3/c1-4-13(18-19(23(25)26)22-12(3)21-18)9-16-11(2)20-10-17(16)14-5-7-15(24)8-6-14/h5-10,20,24H,4H2,1-3H3,(H,21,22)/b13-9+. The van der Waals surface area contributed by atoms with Crippen LogP contribution in [0.4, 0.5) is 5.82 Å². The highest BCUT2D eigenvalue weighted by Gasteiger charge is 2.21. The third kappa shape index (κ3) is 3.23. The zero-order chi connectivity index (χ0) is 18.8. The maximum Gasteiger partial charge on any atom is 0.348 e. The Morgan fingerprint density at radius 2 is 2.00 bits per heavy atom. The Hall–Kier alpha value is -3.35. The minimum Gasteiger partial charge on any atom is -0.508 e. The summed E-state index contributed by atoms with van der Waals surface area (Å²) in [5, 5.41) is 20.8. The molecular formula is C19H20N4O3. The van der Waals surface area contributed by atoms with Gasteiger partial charge in [0.25, 0.3) is 0 Å². The normalized spacial score (nSPS) is 11.7. The number of phenolic OH excluding ortho intramolecular Hbond substituents is 1. The number of hydrogen-bond donors (Lipinski definition) is 3. The zero-order valence-electron chi connectivity index (χ0n) is 14.8. The topological polar surface area (TPSA) is 108 Å². The maximum atomic E-state index is 11.3. The molecule has 134 valence electrons. The van der Waals surface area contributed by atoms with Crippen molar-refractivity contribution in [1.82, 2.24) is 15.0 Å². The van der Waals surface area contributed by atoms with Crippen molar-refractivity contribution in [1.29, 1.82) is 0 Å². The molecule has 0 unspecified atom stereocenters. The first kappa shape index (κ1) is 17.5. The summed E-state index contributed by atoms with van der Waals surface area (Å²) in [6, 6.07) is 6.94. The molecule has 0 spiro atoms. The van der Waals surface area contributed by atoms with Gasteiger partial charge in [0.05, 0.1) is 0 Å². The minimum atomic E-state index is -0.441. The van der Waals surface area contributed by atoms with E-state index in [2.05, 4.69) is 15.0 Å². The minimum absolute atomic E-state index is 0.0880. The van der Waals surface area contributed by atoms with Crippen molar-refractivity contribution in [2.75, 3.05) is 0 Å². The molecule has 1 aromatic carbocycles. The van der Waals surface area contributed by atoms with Gasteiger partial charge >= 0.3 is 5.82 Å². The van der Waals surface area contributed by atoms with Crippen LogP contribution in [0.2, 0.25) is 0 Å². The molecule has 0 atom stereocenters. The van der Waals surface area contributed by atoms with Crippen LogP contribution in [0.3, 0.4) is 0 Å². The second kappa shape index (κ2) is 6.87. The van der Waals surface area contributed by atoms with Crippen molar-refractivity contribution in [2.24, 2.45) is 0 Å². The summed E-state index contributed by atoms with van der Waals surface area (Å²) in [7, 11) is 0. The number of benzene rings is 1. The van der Waals surface area contributed by atoms with Gasteiger partial charge in [-0.05, 0) is 47.6 Å². The number of rotatable bonds is 5. The molecule has 3 aromatic rings. The number of nitrogens with one attached hydrogen (secondary N) is 2. The summed E-state index contributed by atoms with van der Waals surface area (Å²) >= 11 is 0. The Kier molecular flexibility index (Phi) is 4.62. The number of aromatic amines is 2. The highest BCUT2D eigenvalue weighted by atomic mass is 16.6. The summed E-state index contributed by atoms with van der Waals surface area (Å²) in [5.74, 6) is 0.626. The van der Waals surface area contributed by atoms with Gasteiger partial charge in [0.15, 0.2) is 11.5 Å². The van der Waals surface area contributed by atoms with E-state index in [1.807, 2.05) is 38.3 Å². The number of nitro groups is 1. The van der Waals surface area contributed by atoms with Gasteiger partial charge in [-0.25, -0.2) is 9.97 Å². The fourth-order valence-electron chi connectivity index (χ4n) is 2.95. The van der Waals surface area contributed by atoms with Crippen molar-refractivity contribution < 1.29 is 10.0 Å². The van der Waals surface area contributed by atoms with Crippen LogP contribution in [0.5, 0.6) is 5.75 Å². The molecule has 0 aliphatic rings. The average Bonchev–Trinajstić information content (AvgIpc) is 3.17. The number of aromatic nitrogens is 3. The van der Waals surface area contributed by atoms with Gasteiger partial charge in [-0.15, -0.1) is 0 Å². The molecule has 0 bridgehead atoms. The maximum absolute atomic E-state index is 11.3. The first-order valence-corrected chi connectivity index (χ1v) is 8.30. The van der Waals surface area contributed by atoms with Gasteiger partial charge in [-0.2, -0.15) is 0 Å². The molecular weight excluding hydrogens is 332 g/mol. The molecule has 7 nitrogen and oxygen atoms in total. The Morgan fingerprint density at radius 3 is 2.62 bits per heavy atom. The van der Waals surface area contributed by atoms with Crippen molar-refractivity contribution in [3.63, 3.8) is 0 Å². The van der Waals surface area contributed by atoms with E-state index in [-0.39, 0.29) is 11.6 Å². The van der Waals surface area contributed by atoms with Crippen LogP contribution in [0.25, 0.3) is 22.8 Å². The van der Waals surface area contributed by atoms with Gasteiger partial charge in [0.1, 0.15) is 5.75 Å². The number of imidazole rings is 1. The van der Waals surface area contributed by atoms with E-state index in [0.29, 0.717) is 17.9 Å². The average molecular weight is 352 g/mol. The third-order valence-corrected chi connectivity index (χ3v) is 4.29. The number of nitrogens with zero attached hydrogens (tertiary/aromatic N) is 2. The van der Waals surface area contributed by atoms with Gasteiger partial charge in [-0.1, -0.05) is 19.1 Å². The highest BCUT2D eigenvalue weighted by Crippen LogP contribution is 2.33. The van der Waals surface area contributed by atoms with Gasteiger partial charge < -0.3 is 20.2 Å². The van der Waals surface area contributed by atoms with Gasteiger partial charge in [0.2, 0.25) is 0 Å². The fraction of sp³-hybridized carbons (Fsp3) is 0.211. The zero-order valence-corrected chi connectivity index (χ0v) is 14.8. The van der Waals surface area contributed by atoms with E-state index in [1.165, 1.54) is 0 Å². The Bertz CT molecular complexity index is 981. The molecule has 7 heteroatoms. The second-order valence-corrected chi connectivity index (χ2v) is 6.09. The molecule has 2 heterocycles. The fourth-order valence-corrected chi connectivity index (χ4v) is 2.95. The summed E-state index contributed by atoms with van der Waals surface area (Å²) in [4.78, 5) is 21.1. The van der Waals surface area contributed by atoms with E-state index in [1.54, 1.807) is 19.1 Å². The predicted molar refractivity (Wildman–Crippen MR) is 101 cm³/mol. The summed E-state index contributed by atoms with van der Waals surface area (Å²) in [6.07, 6.45) is 4.44. The van der Waals surface area contributed by atoms with E-state index < -0.39 is 4.92 Å². The molecule has 3 rings (SSSR count). The SMILES string of the molecule is CC/C(=C\c1c(-c2ccc(O)cc2)c[nH]c1C)c1nc(C)[nH]c1[N+](=O)[O-]. The quantitative estimate of drug-likeness (QED) is 0.461. The number of aryl methyl sites for hydroxylation is 2. The van der Waals surface area contributed by atoms with Crippen LogP contribution in [0.15, 0.2) is 30.5 Å². The van der Waals surface area contributed by atoms with Crippen molar-refractivity contribution >= 4 is 17.5 Å². The Balaban J connectivity index is 2.13. The number of phenols is 1. The Morgan fingerprint density at radius 1 is 1.31 bits per heavy atom. The number of allylic oxidation sites excluding steroid dienone is 1. The van der Waals surface area contributed by atoms with Gasteiger partial charge in [0, 0.05) is 29.9 Å². The lowest BCUT2D eigenvalue weighted by Gasteiger charge is -2.06. The predicted octanol–water partition coefficient (Wildman–Crippen LogP) is 4.59. The lowest BCUT2D eigenvalue weighted by atomic mass is 9.99. The summed E-state index contributed by atoms with van der Waals surface area (Å²) in [5.41, 5.74) is 4.96. The van der Waals surface area contributed by atoms with E-state index in [9.17, 15) is 15.2 Å². The molecule has 26 heavy (non-hydrogen) atoms. The van der Waals surface area contributed by atoms with E-state index >= 15 is 0 Å². The van der Waals surface area contributed by atoms with Crippen LogP contribution in [0, 0.1) is 24.0 Å².